The maximum atomic E-state index is 14.5. The Morgan fingerprint density at radius 2 is 1.29 bits per heavy atom. The molecular weight excluding hydrogens is 313 g/mol. The van der Waals surface area contributed by atoms with Crippen LogP contribution in [0.3, 0.4) is 0 Å². The van der Waals surface area contributed by atoms with Crippen molar-refractivity contribution in [1.82, 2.24) is 5.32 Å². The zero-order valence-corrected chi connectivity index (χ0v) is 14.3. The summed E-state index contributed by atoms with van der Waals surface area (Å²) in [6.07, 6.45) is 0.982. The van der Waals surface area contributed by atoms with Crippen LogP contribution in [0.5, 0.6) is 0 Å². The Hall–Kier alpha value is -2.15. The predicted octanol–water partition coefficient (Wildman–Crippen LogP) is 3.85. The maximum Gasteiger partial charge on any atom is 0.163 e. The summed E-state index contributed by atoms with van der Waals surface area (Å²) < 4.78 is 14.5. The second-order valence-corrected chi connectivity index (χ2v) is 9.00. The molecule has 1 aliphatic rings. The van der Waals surface area contributed by atoms with Gasteiger partial charge in [0.2, 0.25) is 0 Å². The fourth-order valence-corrected chi connectivity index (χ4v) is 6.71. The van der Waals surface area contributed by atoms with Gasteiger partial charge in [-0.25, -0.2) is 0 Å². The number of benzene rings is 3. The molecule has 0 spiro atoms. The number of hydrogen-bond donors (Lipinski definition) is 1. The van der Waals surface area contributed by atoms with Gasteiger partial charge in [-0.05, 0) is 17.5 Å². The van der Waals surface area contributed by atoms with E-state index in [1.165, 1.54) is 11.1 Å². The lowest BCUT2D eigenvalue weighted by Crippen LogP contribution is -2.35. The van der Waals surface area contributed by atoms with Gasteiger partial charge in [-0.1, -0.05) is 84.9 Å². The first-order chi connectivity index (χ1) is 11.8. The maximum absolute atomic E-state index is 14.5. The first-order valence-corrected chi connectivity index (χ1v) is 10.1. The highest BCUT2D eigenvalue weighted by atomic mass is 31.2. The topological polar surface area (TPSA) is 29.1 Å². The van der Waals surface area contributed by atoms with Crippen LogP contribution in [0.4, 0.5) is 0 Å². The van der Waals surface area contributed by atoms with Gasteiger partial charge in [0.05, 0.1) is 5.78 Å². The summed E-state index contributed by atoms with van der Waals surface area (Å²) in [5.74, 6) is -0.174. The second kappa shape index (κ2) is 6.39. The van der Waals surface area contributed by atoms with Crippen molar-refractivity contribution in [3.8, 4) is 0 Å². The third kappa shape index (κ3) is 2.53. The zero-order valence-electron chi connectivity index (χ0n) is 13.4. The average Bonchev–Trinajstić information content (AvgIpc) is 2.68. The van der Waals surface area contributed by atoms with Gasteiger partial charge in [-0.2, -0.15) is 0 Å². The lowest BCUT2D eigenvalue weighted by atomic mass is 10.0. The van der Waals surface area contributed by atoms with Crippen LogP contribution in [0.1, 0.15) is 16.9 Å². The molecule has 24 heavy (non-hydrogen) atoms. The molecule has 0 saturated heterocycles. The van der Waals surface area contributed by atoms with Gasteiger partial charge in [-0.15, -0.1) is 0 Å². The van der Waals surface area contributed by atoms with E-state index in [4.69, 9.17) is 0 Å². The van der Waals surface area contributed by atoms with Crippen LogP contribution in [-0.4, -0.2) is 6.54 Å². The second-order valence-electron chi connectivity index (χ2n) is 6.13. The fourth-order valence-electron chi connectivity index (χ4n) is 3.55. The number of rotatable bonds is 3. The predicted molar refractivity (Wildman–Crippen MR) is 101 cm³/mol. The van der Waals surface area contributed by atoms with Gasteiger partial charge in [-0.3, -0.25) is 0 Å². The van der Waals surface area contributed by atoms with Crippen LogP contribution in [0.25, 0.3) is 0 Å². The molecule has 1 atom stereocenters. The van der Waals surface area contributed by atoms with Crippen LogP contribution in [0, 0.1) is 0 Å². The van der Waals surface area contributed by atoms with E-state index in [0.29, 0.717) is 0 Å². The number of hydrogen-bond acceptors (Lipinski definition) is 2. The molecule has 1 N–H and O–H groups in total. The van der Waals surface area contributed by atoms with Crippen LogP contribution in [0.2, 0.25) is 0 Å². The van der Waals surface area contributed by atoms with Gasteiger partial charge in [0.15, 0.2) is 7.14 Å². The van der Waals surface area contributed by atoms with Gasteiger partial charge < -0.3 is 9.88 Å². The van der Waals surface area contributed by atoms with Crippen molar-refractivity contribution < 1.29 is 4.57 Å². The van der Waals surface area contributed by atoms with Gasteiger partial charge in [0.1, 0.15) is 0 Å². The Bertz CT molecular complexity index is 833. The fraction of sp³-hybridized carbons (Fsp3) is 0.143. The van der Waals surface area contributed by atoms with E-state index in [0.717, 1.165) is 23.6 Å². The van der Waals surface area contributed by atoms with E-state index in [-0.39, 0.29) is 5.78 Å². The molecule has 0 aromatic heterocycles. The molecule has 0 bridgehead atoms. The molecule has 0 aliphatic carbocycles. The highest BCUT2D eigenvalue weighted by Crippen LogP contribution is 2.56. The molecule has 0 radical (unpaired) electrons. The molecule has 3 aromatic rings. The zero-order chi connectivity index (χ0) is 16.4. The number of fused-ring (bicyclic) bond motifs is 1. The molecule has 0 amide bonds. The Morgan fingerprint density at radius 3 is 1.92 bits per heavy atom. The Balaban J connectivity index is 1.94. The molecule has 4 rings (SSSR count). The minimum Gasteiger partial charge on any atom is -0.312 e. The molecule has 3 aromatic carbocycles. The third-order valence-corrected chi connectivity index (χ3v) is 8.04. The molecular formula is C21H20NOP. The highest BCUT2D eigenvalue weighted by molar-refractivity contribution is 7.79. The van der Waals surface area contributed by atoms with Crippen LogP contribution in [-0.2, 0) is 11.0 Å². The van der Waals surface area contributed by atoms with Gasteiger partial charge >= 0.3 is 0 Å². The van der Waals surface area contributed by atoms with E-state index < -0.39 is 7.14 Å². The summed E-state index contributed by atoms with van der Waals surface area (Å²) in [5.41, 5.74) is 2.47. The lowest BCUT2D eigenvalue weighted by molar-refractivity contribution is 0.549. The molecule has 2 nitrogen and oxygen atoms in total. The highest BCUT2D eigenvalue weighted by Gasteiger charge is 2.39. The Kier molecular flexibility index (Phi) is 4.10. The quantitative estimate of drug-likeness (QED) is 0.738. The van der Waals surface area contributed by atoms with Crippen LogP contribution >= 0.6 is 7.14 Å². The van der Waals surface area contributed by atoms with Crippen molar-refractivity contribution in [2.75, 3.05) is 6.54 Å². The summed E-state index contributed by atoms with van der Waals surface area (Å²) in [6.45, 7) is 0.853. The Morgan fingerprint density at radius 1 is 0.750 bits per heavy atom. The summed E-state index contributed by atoms with van der Waals surface area (Å²) in [5, 5.41) is 5.37. The molecule has 120 valence electrons. The van der Waals surface area contributed by atoms with E-state index >= 15 is 0 Å². The van der Waals surface area contributed by atoms with Crippen molar-refractivity contribution in [2.45, 2.75) is 12.2 Å². The monoisotopic (exact) mass is 333 g/mol. The smallest absolute Gasteiger partial charge is 0.163 e. The standard InChI is InChI=1S/C21H20NOP/c23-24(18-10-3-1-4-11-18,19-12-5-2-6-13-19)21-20-14-8-7-9-17(20)15-16-22-21/h1-14,21-22H,15-16H2. The lowest BCUT2D eigenvalue weighted by Gasteiger charge is -2.34. The third-order valence-electron chi connectivity index (χ3n) is 4.72. The molecule has 1 heterocycles. The minimum absolute atomic E-state index is 0.174. The molecule has 0 fully saturated rings. The van der Waals surface area contributed by atoms with Crippen molar-refractivity contribution in [3.05, 3.63) is 96.1 Å². The van der Waals surface area contributed by atoms with Crippen LogP contribution in [0.15, 0.2) is 84.9 Å². The SMILES string of the molecule is O=P(c1ccccc1)(c1ccccc1)C1NCCc2ccccc21. The van der Waals surface area contributed by atoms with E-state index in [2.05, 4.69) is 23.5 Å². The number of nitrogens with one attached hydrogen (secondary N) is 1. The average molecular weight is 333 g/mol. The summed E-state index contributed by atoms with van der Waals surface area (Å²) >= 11 is 0. The van der Waals surface area contributed by atoms with Crippen LogP contribution < -0.4 is 15.9 Å². The minimum atomic E-state index is -2.84. The molecule has 0 saturated carbocycles. The van der Waals surface area contributed by atoms with E-state index in [1.54, 1.807) is 0 Å². The molecule has 3 heteroatoms. The summed E-state index contributed by atoms with van der Waals surface area (Å²) in [6, 6.07) is 28.2. The van der Waals surface area contributed by atoms with Crippen molar-refractivity contribution in [3.63, 3.8) is 0 Å². The summed E-state index contributed by atoms with van der Waals surface area (Å²) in [7, 11) is -2.84. The van der Waals surface area contributed by atoms with Crippen molar-refractivity contribution >= 4 is 17.8 Å². The van der Waals surface area contributed by atoms with Crippen molar-refractivity contribution in [1.29, 1.82) is 0 Å². The van der Waals surface area contributed by atoms with E-state index in [1.807, 2.05) is 66.7 Å². The molecule has 1 unspecified atom stereocenters. The van der Waals surface area contributed by atoms with Gasteiger partial charge in [0, 0.05) is 17.2 Å². The first-order valence-electron chi connectivity index (χ1n) is 8.32. The largest absolute Gasteiger partial charge is 0.312 e. The van der Waals surface area contributed by atoms with E-state index in [9.17, 15) is 4.57 Å². The first kappa shape index (κ1) is 15.4. The summed E-state index contributed by atoms with van der Waals surface area (Å²) in [4.78, 5) is 0. The normalized spacial score (nSPS) is 17.2. The molecule has 1 aliphatic heterocycles. The Labute approximate surface area is 142 Å². The van der Waals surface area contributed by atoms with Gasteiger partial charge in [0.25, 0.3) is 0 Å². The van der Waals surface area contributed by atoms with Crippen molar-refractivity contribution in [2.24, 2.45) is 0 Å².